The van der Waals surface area contributed by atoms with Gasteiger partial charge in [0.25, 0.3) is 0 Å². The summed E-state index contributed by atoms with van der Waals surface area (Å²) in [5, 5.41) is 9.04. The second kappa shape index (κ2) is 6.88. The number of hydrogen-bond donors (Lipinski definition) is 2. The minimum Gasteiger partial charge on any atom is -0.497 e. The third-order valence-electron chi connectivity index (χ3n) is 2.62. The molecule has 0 aliphatic carbocycles. The lowest BCUT2D eigenvalue weighted by atomic mass is 10.1. The predicted octanol–water partition coefficient (Wildman–Crippen LogP) is 1.16. The maximum atomic E-state index is 12.2. The fraction of sp³-hybridized carbons (Fsp3) is 0.538. The van der Waals surface area contributed by atoms with Gasteiger partial charge in [-0.2, -0.15) is 0 Å². The average Bonchev–Trinajstić information content (AvgIpc) is 2.36. The van der Waals surface area contributed by atoms with E-state index >= 15 is 0 Å². The topological polar surface area (TPSA) is 75.6 Å². The van der Waals surface area contributed by atoms with Crippen molar-refractivity contribution in [3.8, 4) is 5.75 Å². The number of aliphatic hydroxyl groups is 1. The minimum atomic E-state index is -3.55. The number of hydrogen-bond acceptors (Lipinski definition) is 4. The summed E-state index contributed by atoms with van der Waals surface area (Å²) in [5.41, 5.74) is 0.554. The zero-order chi connectivity index (χ0) is 14.5. The van der Waals surface area contributed by atoms with Gasteiger partial charge in [0.1, 0.15) is 5.75 Å². The molecule has 1 aromatic carbocycles. The molecule has 5 nitrogen and oxygen atoms in total. The Hall–Kier alpha value is -1.11. The number of rotatable bonds is 7. The Labute approximate surface area is 114 Å². The third kappa shape index (κ3) is 4.49. The first-order valence-corrected chi connectivity index (χ1v) is 7.66. The van der Waals surface area contributed by atoms with Crippen molar-refractivity contribution in [1.82, 2.24) is 4.72 Å². The van der Waals surface area contributed by atoms with Gasteiger partial charge in [0, 0.05) is 13.2 Å². The van der Waals surface area contributed by atoms with E-state index < -0.39 is 10.0 Å². The number of aliphatic hydroxyl groups excluding tert-OH is 1. The number of ether oxygens (including phenoxy) is 1. The van der Waals surface area contributed by atoms with Crippen molar-refractivity contribution in [1.29, 1.82) is 0 Å². The van der Waals surface area contributed by atoms with Crippen molar-refractivity contribution in [2.24, 2.45) is 5.92 Å². The molecule has 1 rings (SSSR count). The molecule has 0 aromatic heterocycles. The highest BCUT2D eigenvalue weighted by Gasteiger charge is 2.18. The van der Waals surface area contributed by atoms with E-state index in [0.29, 0.717) is 17.9 Å². The van der Waals surface area contributed by atoms with Gasteiger partial charge in [-0.25, -0.2) is 13.1 Å². The van der Waals surface area contributed by atoms with Crippen LogP contribution in [0, 0.1) is 5.92 Å². The second-order valence-electron chi connectivity index (χ2n) is 4.69. The Morgan fingerprint density at radius 2 is 2.05 bits per heavy atom. The maximum absolute atomic E-state index is 12.2. The van der Waals surface area contributed by atoms with Gasteiger partial charge < -0.3 is 9.84 Å². The lowest BCUT2D eigenvalue weighted by molar-refractivity contribution is 0.298. The first-order chi connectivity index (χ1) is 8.90. The molecule has 0 saturated heterocycles. The molecular formula is C13H21NO4S. The standard InChI is InChI=1S/C13H21NO4S/c1-10(2)9-14-19(16,17)13-5-4-12(18-3)8-11(13)6-7-15/h4-5,8,10,14-15H,6-7,9H2,1-3H3. The Morgan fingerprint density at radius 1 is 1.37 bits per heavy atom. The van der Waals surface area contributed by atoms with Crippen LogP contribution in [0.4, 0.5) is 0 Å². The molecule has 0 radical (unpaired) electrons. The molecule has 0 atom stereocenters. The highest BCUT2D eigenvalue weighted by atomic mass is 32.2. The van der Waals surface area contributed by atoms with Crippen LogP contribution >= 0.6 is 0 Å². The lowest BCUT2D eigenvalue weighted by Gasteiger charge is -2.13. The van der Waals surface area contributed by atoms with Crippen LogP contribution in [-0.4, -0.2) is 33.8 Å². The molecule has 6 heteroatoms. The molecule has 0 bridgehead atoms. The van der Waals surface area contributed by atoms with Crippen LogP contribution in [0.25, 0.3) is 0 Å². The number of sulfonamides is 1. The molecule has 1 aromatic rings. The van der Waals surface area contributed by atoms with Gasteiger partial charge in [0.2, 0.25) is 10.0 Å². The van der Waals surface area contributed by atoms with E-state index in [2.05, 4.69) is 4.72 Å². The monoisotopic (exact) mass is 287 g/mol. The highest BCUT2D eigenvalue weighted by Crippen LogP contribution is 2.22. The first kappa shape index (κ1) is 15.9. The van der Waals surface area contributed by atoms with E-state index in [4.69, 9.17) is 9.84 Å². The zero-order valence-electron chi connectivity index (χ0n) is 11.5. The van der Waals surface area contributed by atoms with Gasteiger partial charge in [0.15, 0.2) is 0 Å². The molecule has 108 valence electrons. The van der Waals surface area contributed by atoms with E-state index in [-0.39, 0.29) is 23.8 Å². The first-order valence-electron chi connectivity index (χ1n) is 6.18. The van der Waals surface area contributed by atoms with E-state index in [9.17, 15) is 8.42 Å². The van der Waals surface area contributed by atoms with Crippen LogP contribution in [0.15, 0.2) is 23.1 Å². The van der Waals surface area contributed by atoms with Crippen molar-refractivity contribution >= 4 is 10.0 Å². The van der Waals surface area contributed by atoms with Crippen molar-refractivity contribution in [3.05, 3.63) is 23.8 Å². The van der Waals surface area contributed by atoms with Crippen LogP contribution in [0.1, 0.15) is 19.4 Å². The number of methoxy groups -OCH3 is 1. The summed E-state index contributed by atoms with van der Waals surface area (Å²) >= 11 is 0. The summed E-state index contributed by atoms with van der Waals surface area (Å²) in [6.07, 6.45) is 0.273. The minimum absolute atomic E-state index is 0.111. The van der Waals surface area contributed by atoms with Gasteiger partial charge in [-0.1, -0.05) is 13.8 Å². The van der Waals surface area contributed by atoms with Gasteiger partial charge in [-0.3, -0.25) is 0 Å². The van der Waals surface area contributed by atoms with Gasteiger partial charge in [-0.15, -0.1) is 0 Å². The van der Waals surface area contributed by atoms with E-state index in [1.54, 1.807) is 12.1 Å². The number of nitrogens with one attached hydrogen (secondary N) is 1. The summed E-state index contributed by atoms with van der Waals surface area (Å²) in [5.74, 6) is 0.806. The van der Waals surface area contributed by atoms with Gasteiger partial charge in [-0.05, 0) is 36.1 Å². The molecule has 0 amide bonds. The van der Waals surface area contributed by atoms with Crippen molar-refractivity contribution in [3.63, 3.8) is 0 Å². The Morgan fingerprint density at radius 3 is 2.58 bits per heavy atom. The van der Waals surface area contributed by atoms with Crippen LogP contribution in [-0.2, 0) is 16.4 Å². The average molecular weight is 287 g/mol. The van der Waals surface area contributed by atoms with Crippen molar-refractivity contribution < 1.29 is 18.3 Å². The van der Waals surface area contributed by atoms with Gasteiger partial charge in [0.05, 0.1) is 12.0 Å². The van der Waals surface area contributed by atoms with Crippen molar-refractivity contribution in [2.75, 3.05) is 20.3 Å². The molecule has 0 spiro atoms. The Balaban J connectivity index is 3.10. The molecule has 0 heterocycles. The summed E-state index contributed by atoms with van der Waals surface area (Å²) in [6, 6.07) is 4.75. The lowest BCUT2D eigenvalue weighted by Crippen LogP contribution is -2.28. The second-order valence-corrected chi connectivity index (χ2v) is 6.43. The van der Waals surface area contributed by atoms with Crippen molar-refractivity contribution in [2.45, 2.75) is 25.2 Å². The fourth-order valence-electron chi connectivity index (χ4n) is 1.61. The number of benzene rings is 1. The van der Waals surface area contributed by atoms with Crippen LogP contribution in [0.3, 0.4) is 0 Å². The molecule has 0 aliphatic rings. The van der Waals surface area contributed by atoms with Gasteiger partial charge >= 0.3 is 0 Å². The largest absolute Gasteiger partial charge is 0.497 e. The molecule has 2 N–H and O–H groups in total. The molecule has 0 saturated carbocycles. The summed E-state index contributed by atoms with van der Waals surface area (Å²) in [7, 11) is -2.03. The van der Waals surface area contributed by atoms with E-state index in [0.717, 1.165) is 0 Å². The van der Waals surface area contributed by atoms with Crippen LogP contribution in [0.5, 0.6) is 5.75 Å². The molecular weight excluding hydrogens is 266 g/mol. The fourth-order valence-corrected chi connectivity index (χ4v) is 3.08. The summed E-state index contributed by atoms with van der Waals surface area (Å²) in [4.78, 5) is 0.197. The van der Waals surface area contributed by atoms with E-state index in [1.807, 2.05) is 13.8 Å². The highest BCUT2D eigenvalue weighted by molar-refractivity contribution is 7.89. The predicted molar refractivity (Wildman–Crippen MR) is 73.8 cm³/mol. The smallest absolute Gasteiger partial charge is 0.240 e. The Kier molecular flexibility index (Phi) is 5.78. The van der Waals surface area contributed by atoms with E-state index in [1.165, 1.54) is 13.2 Å². The maximum Gasteiger partial charge on any atom is 0.240 e. The Bertz CT molecular complexity index is 511. The van der Waals surface area contributed by atoms with Crippen LogP contribution in [0.2, 0.25) is 0 Å². The quantitative estimate of drug-likeness (QED) is 0.789. The molecule has 0 fully saturated rings. The molecule has 0 aliphatic heterocycles. The summed E-state index contributed by atoms with van der Waals surface area (Å²) < 4.78 is 32.0. The molecule has 0 unspecified atom stereocenters. The normalized spacial score (nSPS) is 11.8. The SMILES string of the molecule is COc1ccc(S(=O)(=O)NCC(C)C)c(CCO)c1. The summed E-state index contributed by atoms with van der Waals surface area (Å²) in [6.45, 7) is 4.14. The zero-order valence-corrected chi connectivity index (χ0v) is 12.3. The third-order valence-corrected chi connectivity index (χ3v) is 4.14. The van der Waals surface area contributed by atoms with Crippen LogP contribution < -0.4 is 9.46 Å². The molecule has 19 heavy (non-hydrogen) atoms.